The molecule has 214 valence electrons. The van der Waals surface area contributed by atoms with E-state index in [0.717, 1.165) is 17.4 Å². The molecule has 4 aromatic rings. The van der Waals surface area contributed by atoms with Gasteiger partial charge in [-0.15, -0.1) is 0 Å². The number of fused-ring (bicyclic) bond motifs is 1. The van der Waals surface area contributed by atoms with E-state index in [0.29, 0.717) is 46.8 Å². The molecule has 11 heteroatoms. The zero-order valence-electron chi connectivity index (χ0n) is 23.5. The highest BCUT2D eigenvalue weighted by Gasteiger charge is 2.28. The molecule has 2 aromatic carbocycles. The van der Waals surface area contributed by atoms with Crippen LogP contribution in [0.15, 0.2) is 54.7 Å². The molecule has 0 spiro atoms. The second kappa shape index (κ2) is 11.2. The van der Waals surface area contributed by atoms with Gasteiger partial charge in [0.15, 0.2) is 11.5 Å². The SMILES string of the molecule is CN(C)C(=O)N[C@@H]1CCN(c2n[nH]c3nccc(-c4ccc(CNC(=O)c5ccc(C(C)(C)O)cc5)c(F)c4)c23)C1. The highest BCUT2D eigenvalue weighted by molar-refractivity contribution is 6.01. The van der Waals surface area contributed by atoms with Gasteiger partial charge in [0.1, 0.15) is 5.82 Å². The van der Waals surface area contributed by atoms with Crippen molar-refractivity contribution in [2.45, 2.75) is 38.5 Å². The molecule has 0 radical (unpaired) electrons. The van der Waals surface area contributed by atoms with E-state index in [-0.39, 0.29) is 24.5 Å². The molecule has 0 bridgehead atoms. The summed E-state index contributed by atoms with van der Waals surface area (Å²) >= 11 is 0. The fourth-order valence-electron chi connectivity index (χ4n) is 4.94. The van der Waals surface area contributed by atoms with Gasteiger partial charge in [0.05, 0.1) is 11.0 Å². The predicted octanol–water partition coefficient (Wildman–Crippen LogP) is 3.77. The Kier molecular flexibility index (Phi) is 7.63. The van der Waals surface area contributed by atoms with Crippen molar-refractivity contribution in [2.24, 2.45) is 0 Å². The lowest BCUT2D eigenvalue weighted by Crippen LogP contribution is -2.42. The molecule has 4 N–H and O–H groups in total. The molecule has 1 fully saturated rings. The molecule has 1 aliphatic heterocycles. The van der Waals surface area contributed by atoms with Crippen LogP contribution in [0.1, 0.15) is 41.8 Å². The Balaban J connectivity index is 1.32. The standard InChI is InChI=1S/C30H34FN7O3/c1-30(2,41)21-9-7-18(8-10-21)28(39)33-16-20-6-5-19(15-24(20)31)23-11-13-32-26-25(23)27(36-35-26)38-14-12-22(17-38)34-29(40)37(3)4/h5-11,13,15,22,41H,12,14,16-17H2,1-4H3,(H,33,39)(H,34,40)(H,32,35,36)/t22-/m1/s1. The first-order valence-corrected chi connectivity index (χ1v) is 13.5. The van der Waals surface area contributed by atoms with E-state index in [9.17, 15) is 14.7 Å². The van der Waals surface area contributed by atoms with Crippen LogP contribution in [0, 0.1) is 5.82 Å². The molecule has 2 aromatic heterocycles. The highest BCUT2D eigenvalue weighted by Crippen LogP contribution is 2.35. The van der Waals surface area contributed by atoms with E-state index in [2.05, 4.69) is 30.7 Å². The third-order valence-corrected chi connectivity index (χ3v) is 7.32. The molecule has 3 heterocycles. The summed E-state index contributed by atoms with van der Waals surface area (Å²) in [5.74, 6) is -0.0692. The third-order valence-electron chi connectivity index (χ3n) is 7.32. The number of nitrogens with zero attached hydrogens (tertiary/aromatic N) is 4. The van der Waals surface area contributed by atoms with Crippen molar-refractivity contribution >= 4 is 28.8 Å². The second-order valence-electron chi connectivity index (χ2n) is 11.0. The second-order valence-corrected chi connectivity index (χ2v) is 11.0. The van der Waals surface area contributed by atoms with Crippen molar-refractivity contribution < 1.29 is 19.1 Å². The maximum atomic E-state index is 15.3. The van der Waals surface area contributed by atoms with Gasteiger partial charge >= 0.3 is 6.03 Å². The number of nitrogens with one attached hydrogen (secondary N) is 3. The summed E-state index contributed by atoms with van der Waals surface area (Å²) in [6, 6.07) is 13.3. The lowest BCUT2D eigenvalue weighted by atomic mass is 9.97. The van der Waals surface area contributed by atoms with Crippen LogP contribution in [-0.2, 0) is 12.1 Å². The van der Waals surface area contributed by atoms with Crippen LogP contribution < -0.4 is 15.5 Å². The summed E-state index contributed by atoms with van der Waals surface area (Å²) in [7, 11) is 3.41. The molecule has 0 unspecified atom stereocenters. The van der Waals surface area contributed by atoms with Crippen molar-refractivity contribution in [3.63, 3.8) is 0 Å². The summed E-state index contributed by atoms with van der Waals surface area (Å²) in [5, 5.41) is 24.2. The van der Waals surface area contributed by atoms with Crippen LogP contribution in [0.4, 0.5) is 15.0 Å². The Morgan fingerprint density at radius 3 is 2.61 bits per heavy atom. The zero-order valence-corrected chi connectivity index (χ0v) is 23.5. The van der Waals surface area contributed by atoms with Crippen LogP contribution in [0.3, 0.4) is 0 Å². The minimum absolute atomic E-state index is 0.0110. The first-order chi connectivity index (χ1) is 19.5. The Hall–Kier alpha value is -4.51. The average Bonchev–Trinajstić information content (AvgIpc) is 3.58. The minimum atomic E-state index is -1.00. The molecule has 41 heavy (non-hydrogen) atoms. The summed E-state index contributed by atoms with van der Waals surface area (Å²) in [6.45, 7) is 4.68. The van der Waals surface area contributed by atoms with Gasteiger partial charge in [-0.2, -0.15) is 5.10 Å². The van der Waals surface area contributed by atoms with Crippen LogP contribution in [-0.4, -0.2) is 70.4 Å². The number of carbonyl (C=O) groups is 2. The van der Waals surface area contributed by atoms with Gasteiger partial charge in [0.2, 0.25) is 0 Å². The number of hydrogen-bond acceptors (Lipinski definition) is 6. The average molecular weight is 560 g/mol. The number of urea groups is 1. The lowest BCUT2D eigenvalue weighted by Gasteiger charge is -2.19. The first kappa shape index (κ1) is 28.0. The van der Waals surface area contributed by atoms with Crippen molar-refractivity contribution in [1.29, 1.82) is 0 Å². The minimum Gasteiger partial charge on any atom is -0.386 e. The number of hydrogen-bond donors (Lipinski definition) is 4. The fourth-order valence-corrected chi connectivity index (χ4v) is 4.94. The number of halogens is 1. The van der Waals surface area contributed by atoms with Gasteiger partial charge in [-0.05, 0) is 61.2 Å². The van der Waals surface area contributed by atoms with E-state index < -0.39 is 11.4 Å². The van der Waals surface area contributed by atoms with Gasteiger partial charge < -0.3 is 25.5 Å². The van der Waals surface area contributed by atoms with Crippen LogP contribution in [0.2, 0.25) is 0 Å². The number of aromatic nitrogens is 3. The highest BCUT2D eigenvalue weighted by atomic mass is 19.1. The van der Waals surface area contributed by atoms with E-state index in [1.165, 1.54) is 11.0 Å². The summed E-state index contributed by atoms with van der Waals surface area (Å²) in [6.07, 6.45) is 2.43. The number of pyridine rings is 1. The molecular weight excluding hydrogens is 525 g/mol. The van der Waals surface area contributed by atoms with Crippen LogP contribution in [0.5, 0.6) is 0 Å². The fraction of sp³-hybridized carbons (Fsp3) is 0.333. The molecule has 3 amide bonds. The van der Waals surface area contributed by atoms with E-state index in [4.69, 9.17) is 0 Å². The number of rotatable bonds is 7. The Labute approximate surface area is 237 Å². The first-order valence-electron chi connectivity index (χ1n) is 13.5. The predicted molar refractivity (Wildman–Crippen MR) is 155 cm³/mol. The number of aliphatic hydroxyl groups is 1. The maximum absolute atomic E-state index is 15.3. The Morgan fingerprint density at radius 2 is 1.93 bits per heavy atom. The molecule has 5 rings (SSSR count). The molecular formula is C30H34FN7O3. The lowest BCUT2D eigenvalue weighted by molar-refractivity contribution is 0.0784. The normalized spacial score (nSPS) is 15.3. The molecule has 0 aliphatic carbocycles. The number of H-pyrrole nitrogens is 1. The van der Waals surface area contributed by atoms with Crippen molar-refractivity contribution in [2.75, 3.05) is 32.1 Å². The van der Waals surface area contributed by atoms with Gasteiger partial charge in [-0.1, -0.05) is 24.3 Å². The molecule has 1 atom stereocenters. The topological polar surface area (TPSA) is 126 Å². The van der Waals surface area contributed by atoms with Gasteiger partial charge in [-0.25, -0.2) is 14.2 Å². The van der Waals surface area contributed by atoms with E-state index in [1.54, 1.807) is 64.5 Å². The van der Waals surface area contributed by atoms with Crippen molar-refractivity contribution in [1.82, 2.24) is 30.7 Å². The van der Waals surface area contributed by atoms with Gasteiger partial charge in [0, 0.05) is 57.1 Å². The van der Waals surface area contributed by atoms with E-state index >= 15 is 4.39 Å². The Bertz CT molecular complexity index is 1580. The number of benzene rings is 2. The van der Waals surface area contributed by atoms with Gasteiger partial charge in [-0.3, -0.25) is 9.89 Å². The summed E-state index contributed by atoms with van der Waals surface area (Å²) in [5.41, 5.74) is 2.50. The number of carbonyl (C=O) groups excluding carboxylic acids is 2. The molecule has 1 aliphatic rings. The zero-order chi connectivity index (χ0) is 29.3. The molecule has 10 nitrogen and oxygen atoms in total. The van der Waals surface area contributed by atoms with Crippen LogP contribution >= 0.6 is 0 Å². The molecule has 0 saturated carbocycles. The third kappa shape index (κ3) is 5.99. The number of amides is 3. The monoisotopic (exact) mass is 559 g/mol. The quantitative estimate of drug-likeness (QED) is 0.273. The van der Waals surface area contributed by atoms with Crippen molar-refractivity contribution in [3.05, 3.63) is 77.2 Å². The maximum Gasteiger partial charge on any atom is 0.317 e. The van der Waals surface area contributed by atoms with Crippen LogP contribution in [0.25, 0.3) is 22.2 Å². The smallest absolute Gasteiger partial charge is 0.317 e. The van der Waals surface area contributed by atoms with Gasteiger partial charge in [0.25, 0.3) is 5.91 Å². The number of anilines is 1. The largest absolute Gasteiger partial charge is 0.386 e. The summed E-state index contributed by atoms with van der Waals surface area (Å²) < 4.78 is 15.3. The molecule has 1 saturated heterocycles. The van der Waals surface area contributed by atoms with E-state index in [1.807, 2.05) is 12.1 Å². The Morgan fingerprint density at radius 1 is 1.17 bits per heavy atom. The van der Waals surface area contributed by atoms with Crippen molar-refractivity contribution in [3.8, 4) is 11.1 Å². The summed E-state index contributed by atoms with van der Waals surface area (Å²) in [4.78, 5) is 32.7. The number of aromatic amines is 1.